The van der Waals surface area contributed by atoms with Crippen LogP contribution in [-0.2, 0) is 14.8 Å². The lowest BCUT2D eigenvalue weighted by atomic mass is 10.3. The molecule has 1 aromatic rings. The lowest BCUT2D eigenvalue weighted by Crippen LogP contribution is -2.40. The molecule has 12 heteroatoms. The van der Waals surface area contributed by atoms with Gasteiger partial charge in [0.1, 0.15) is 4.90 Å². The maximum Gasteiger partial charge on any atom is 0.270 e. The van der Waals surface area contributed by atoms with E-state index in [0.29, 0.717) is 13.2 Å². The first kappa shape index (κ1) is 23.0. The van der Waals surface area contributed by atoms with Crippen molar-refractivity contribution in [2.45, 2.75) is 25.2 Å². The lowest BCUT2D eigenvalue weighted by molar-refractivity contribution is -0.385. The van der Waals surface area contributed by atoms with Crippen molar-refractivity contribution in [1.29, 1.82) is 0 Å². The zero-order valence-electron chi connectivity index (χ0n) is 15.5. The van der Waals surface area contributed by atoms with Crippen LogP contribution in [0.4, 0.5) is 11.4 Å². The number of benzene rings is 1. The Balaban J connectivity index is 3.03. The second-order valence-electron chi connectivity index (χ2n) is 5.38. The molecule has 0 saturated heterocycles. The normalized spacial score (nSPS) is 11.3. The topological polar surface area (TPSA) is 126 Å². The minimum atomic E-state index is -3.91. The molecule has 0 radical (unpaired) electrons. The second kappa shape index (κ2) is 11.0. The fourth-order valence-electron chi connectivity index (χ4n) is 2.23. The summed E-state index contributed by atoms with van der Waals surface area (Å²) in [5.41, 5.74) is 5.25. The summed E-state index contributed by atoms with van der Waals surface area (Å²) in [4.78, 5) is 10.2. The van der Waals surface area contributed by atoms with Crippen molar-refractivity contribution in [2.75, 3.05) is 38.8 Å². The molecule has 3 N–H and O–H groups in total. The molecule has 0 spiro atoms. The van der Waals surface area contributed by atoms with Crippen LogP contribution < -0.4 is 16.2 Å². The highest BCUT2D eigenvalue weighted by molar-refractivity contribution is 7.89. The molecule has 0 amide bonds. The molecule has 0 atom stereocenters. The molecule has 0 bridgehead atoms. The third-order valence-electron chi connectivity index (χ3n) is 3.62. The summed E-state index contributed by atoms with van der Waals surface area (Å²) in [5, 5.41) is 14.2. The van der Waals surface area contributed by atoms with Crippen LogP contribution >= 0.6 is 12.2 Å². The summed E-state index contributed by atoms with van der Waals surface area (Å²) in [5.74, 6) is 0. The molecular formula is C15H25N5O5S2. The van der Waals surface area contributed by atoms with Crippen molar-refractivity contribution in [2.24, 2.45) is 0 Å². The van der Waals surface area contributed by atoms with Crippen molar-refractivity contribution in [3.8, 4) is 0 Å². The van der Waals surface area contributed by atoms with Crippen LogP contribution in [0.15, 0.2) is 23.1 Å². The van der Waals surface area contributed by atoms with Gasteiger partial charge in [0, 0.05) is 45.5 Å². The van der Waals surface area contributed by atoms with E-state index in [1.54, 1.807) is 21.0 Å². The molecule has 1 aromatic carbocycles. The molecule has 0 saturated carbocycles. The van der Waals surface area contributed by atoms with E-state index in [0.717, 1.165) is 12.5 Å². The van der Waals surface area contributed by atoms with E-state index < -0.39 is 14.9 Å². The smallest absolute Gasteiger partial charge is 0.270 e. The fourth-order valence-corrected chi connectivity index (χ4v) is 4.01. The number of non-ortho nitro benzene ring substituents is 1. The quantitative estimate of drug-likeness (QED) is 0.211. The molecule has 152 valence electrons. The number of hydrogen-bond acceptors (Lipinski definition) is 7. The fraction of sp³-hybridized carbons (Fsp3) is 0.533. The molecule has 1 rings (SSSR count). The Bertz CT molecular complexity index is 753. The first-order valence-corrected chi connectivity index (χ1v) is 10.2. The number of nitro groups is 1. The van der Waals surface area contributed by atoms with Gasteiger partial charge in [-0.3, -0.25) is 21.0 Å². The number of nitrogens with one attached hydrogen (secondary N) is 3. The van der Waals surface area contributed by atoms with Crippen molar-refractivity contribution in [1.82, 2.24) is 15.0 Å². The number of methoxy groups -OCH3 is 1. The minimum Gasteiger partial charge on any atom is -0.385 e. The average molecular weight is 420 g/mol. The maximum absolute atomic E-state index is 12.9. The van der Waals surface area contributed by atoms with Gasteiger partial charge in [-0.25, -0.2) is 8.42 Å². The van der Waals surface area contributed by atoms with Gasteiger partial charge in [0.15, 0.2) is 5.11 Å². The van der Waals surface area contributed by atoms with Crippen molar-refractivity contribution in [3.63, 3.8) is 0 Å². The molecular weight excluding hydrogens is 394 g/mol. The van der Waals surface area contributed by atoms with E-state index in [-0.39, 0.29) is 34.5 Å². The van der Waals surface area contributed by atoms with Gasteiger partial charge in [-0.1, -0.05) is 13.8 Å². The molecule has 0 unspecified atom stereocenters. The Labute approximate surface area is 164 Å². The highest BCUT2D eigenvalue weighted by Gasteiger charge is 2.27. The highest BCUT2D eigenvalue weighted by atomic mass is 32.2. The van der Waals surface area contributed by atoms with Crippen molar-refractivity contribution in [3.05, 3.63) is 28.3 Å². The summed E-state index contributed by atoms with van der Waals surface area (Å²) in [6.45, 7) is 5.04. The van der Waals surface area contributed by atoms with Gasteiger partial charge in [0.2, 0.25) is 10.0 Å². The number of rotatable bonds is 11. The van der Waals surface area contributed by atoms with Crippen LogP contribution in [-0.4, -0.2) is 56.1 Å². The van der Waals surface area contributed by atoms with E-state index in [4.69, 9.17) is 17.0 Å². The van der Waals surface area contributed by atoms with Crippen LogP contribution in [0.3, 0.4) is 0 Å². The van der Waals surface area contributed by atoms with Crippen LogP contribution in [0.2, 0.25) is 0 Å². The molecule has 0 aliphatic heterocycles. The predicted molar refractivity (Wildman–Crippen MR) is 107 cm³/mol. The number of sulfonamides is 1. The minimum absolute atomic E-state index is 0.161. The van der Waals surface area contributed by atoms with Gasteiger partial charge in [-0.05, 0) is 24.7 Å². The Morgan fingerprint density at radius 1 is 1.33 bits per heavy atom. The number of nitro benzene ring substituents is 1. The predicted octanol–water partition coefficient (Wildman–Crippen LogP) is 1.45. The summed E-state index contributed by atoms with van der Waals surface area (Å²) in [6.07, 6.45) is 0.747. The van der Waals surface area contributed by atoms with E-state index in [1.807, 2.05) is 0 Å². The molecule has 0 heterocycles. The van der Waals surface area contributed by atoms with E-state index in [9.17, 15) is 18.5 Å². The standard InChI is InChI=1S/C15H25N5O5S2/c1-4-19(5-2)27(23,24)14-11-12(20(21)22)7-8-13(14)17-18-15(26)16-9-6-10-25-3/h7-8,11,17H,4-6,9-10H2,1-3H3,(H2,16,18,26). The summed E-state index contributed by atoms with van der Waals surface area (Å²) < 4.78 is 31.9. The Morgan fingerprint density at radius 3 is 2.56 bits per heavy atom. The largest absolute Gasteiger partial charge is 0.385 e. The van der Waals surface area contributed by atoms with Crippen LogP contribution in [0.5, 0.6) is 0 Å². The number of nitrogens with zero attached hydrogens (tertiary/aromatic N) is 2. The highest BCUT2D eigenvalue weighted by Crippen LogP contribution is 2.28. The van der Waals surface area contributed by atoms with E-state index >= 15 is 0 Å². The number of thiocarbonyl (C=S) groups is 1. The molecule has 0 aliphatic rings. The van der Waals surface area contributed by atoms with Gasteiger partial charge in [0.25, 0.3) is 5.69 Å². The van der Waals surface area contributed by atoms with Gasteiger partial charge < -0.3 is 10.1 Å². The maximum atomic E-state index is 12.9. The molecule has 0 aliphatic carbocycles. The molecule has 0 aromatic heterocycles. The Morgan fingerprint density at radius 2 is 2.00 bits per heavy atom. The van der Waals surface area contributed by atoms with Crippen molar-refractivity contribution >= 4 is 38.7 Å². The first-order valence-electron chi connectivity index (χ1n) is 8.35. The van der Waals surface area contributed by atoms with Gasteiger partial charge >= 0.3 is 0 Å². The van der Waals surface area contributed by atoms with E-state index in [2.05, 4.69) is 16.2 Å². The summed E-state index contributed by atoms with van der Waals surface area (Å²) >= 11 is 5.11. The number of hydrogen-bond donors (Lipinski definition) is 3. The molecule has 10 nitrogen and oxygen atoms in total. The van der Waals surface area contributed by atoms with Crippen molar-refractivity contribution < 1.29 is 18.1 Å². The van der Waals surface area contributed by atoms with Gasteiger partial charge in [-0.15, -0.1) is 0 Å². The Hall–Kier alpha value is -2.02. The second-order valence-corrected chi connectivity index (χ2v) is 7.69. The van der Waals surface area contributed by atoms with Crippen LogP contribution in [0.1, 0.15) is 20.3 Å². The zero-order valence-corrected chi connectivity index (χ0v) is 17.2. The van der Waals surface area contributed by atoms with Crippen LogP contribution in [0.25, 0.3) is 0 Å². The monoisotopic (exact) mass is 419 g/mol. The molecule has 0 fully saturated rings. The number of anilines is 1. The molecule has 27 heavy (non-hydrogen) atoms. The number of hydrazine groups is 1. The zero-order chi connectivity index (χ0) is 20.4. The average Bonchev–Trinajstić information content (AvgIpc) is 2.64. The van der Waals surface area contributed by atoms with E-state index in [1.165, 1.54) is 16.4 Å². The SMILES string of the molecule is CCN(CC)S(=O)(=O)c1cc([N+](=O)[O-])ccc1NNC(=S)NCCCOC. The van der Waals surface area contributed by atoms with Gasteiger partial charge in [0.05, 0.1) is 10.6 Å². The lowest BCUT2D eigenvalue weighted by Gasteiger charge is -2.21. The Kier molecular flexibility index (Phi) is 9.35. The third-order valence-corrected chi connectivity index (χ3v) is 5.96. The number of ether oxygens (including phenoxy) is 1. The first-order chi connectivity index (χ1) is 12.8. The summed E-state index contributed by atoms with van der Waals surface area (Å²) in [7, 11) is -2.31. The van der Waals surface area contributed by atoms with Gasteiger partial charge in [-0.2, -0.15) is 4.31 Å². The third kappa shape index (κ3) is 6.57. The van der Waals surface area contributed by atoms with Crippen LogP contribution in [0, 0.1) is 10.1 Å². The summed E-state index contributed by atoms with van der Waals surface area (Å²) in [6, 6.07) is 3.59.